The smallest absolute Gasteiger partial charge is 0.333 e. The lowest BCUT2D eigenvalue weighted by Crippen LogP contribution is -2.38. The second-order valence-corrected chi connectivity index (χ2v) is 10.1. The van der Waals surface area contributed by atoms with Crippen LogP contribution in [0.3, 0.4) is 0 Å². The highest BCUT2D eigenvalue weighted by Crippen LogP contribution is 2.39. The fraction of sp³-hybridized carbons (Fsp3) is 0.207. The summed E-state index contributed by atoms with van der Waals surface area (Å²) >= 11 is 6.71. The van der Waals surface area contributed by atoms with Gasteiger partial charge >= 0.3 is 5.97 Å². The first-order chi connectivity index (χ1) is 17.5. The van der Waals surface area contributed by atoms with Crippen LogP contribution in [0.1, 0.15) is 41.6 Å². The van der Waals surface area contributed by atoms with E-state index < -0.39 is 12.0 Å². The molecular weight excluding hydrogens is 490 g/mol. The van der Waals surface area contributed by atoms with Crippen LogP contribution in [0, 0.1) is 6.92 Å². The van der Waals surface area contributed by atoms with E-state index in [2.05, 4.69) is 19.1 Å². The number of aryl methyl sites for hydroxylation is 1. The summed E-state index contributed by atoms with van der Waals surface area (Å²) in [6, 6.07) is 23.9. The van der Waals surface area contributed by atoms with Crippen LogP contribution in [0.2, 0.25) is 0 Å². The van der Waals surface area contributed by atoms with E-state index >= 15 is 0 Å². The van der Waals surface area contributed by atoms with Gasteiger partial charge in [0.2, 0.25) is 0 Å². The molecular formula is C29H27NO4S2. The number of ether oxygens (including phenoxy) is 2. The highest BCUT2D eigenvalue weighted by molar-refractivity contribution is 8.26. The van der Waals surface area contributed by atoms with Crippen LogP contribution < -0.4 is 4.74 Å². The predicted octanol–water partition coefficient (Wildman–Crippen LogP) is 6.47. The van der Waals surface area contributed by atoms with Gasteiger partial charge in [-0.3, -0.25) is 9.69 Å². The molecule has 3 aromatic carbocycles. The third-order valence-electron chi connectivity index (χ3n) is 5.53. The molecule has 1 heterocycles. The molecule has 184 valence electrons. The van der Waals surface area contributed by atoms with Crippen molar-refractivity contribution >= 4 is 46.3 Å². The number of thioether (sulfide) groups is 1. The topological polar surface area (TPSA) is 55.8 Å². The van der Waals surface area contributed by atoms with Crippen molar-refractivity contribution in [3.8, 4) is 5.75 Å². The fourth-order valence-corrected chi connectivity index (χ4v) is 5.10. The van der Waals surface area contributed by atoms with Gasteiger partial charge in [0.1, 0.15) is 16.7 Å². The summed E-state index contributed by atoms with van der Waals surface area (Å²) in [6.45, 7) is 4.74. The van der Waals surface area contributed by atoms with Gasteiger partial charge in [0.05, 0.1) is 11.5 Å². The summed E-state index contributed by atoms with van der Waals surface area (Å²) in [7, 11) is 0. The van der Waals surface area contributed by atoms with Gasteiger partial charge in [0.15, 0.2) is 6.04 Å². The van der Waals surface area contributed by atoms with Crippen molar-refractivity contribution in [1.29, 1.82) is 0 Å². The Morgan fingerprint density at radius 1 is 1.06 bits per heavy atom. The average Bonchev–Trinajstić information content (AvgIpc) is 3.15. The Hall–Kier alpha value is -3.42. The summed E-state index contributed by atoms with van der Waals surface area (Å²) in [5, 5.41) is 0. The fourth-order valence-electron chi connectivity index (χ4n) is 3.79. The lowest BCUT2D eigenvalue weighted by molar-refractivity contribution is -0.151. The summed E-state index contributed by atoms with van der Waals surface area (Å²) in [5.74, 6) is -0.0631. The van der Waals surface area contributed by atoms with Crippen LogP contribution in [0.15, 0.2) is 83.8 Å². The van der Waals surface area contributed by atoms with Gasteiger partial charge in [-0.25, -0.2) is 4.79 Å². The number of carbonyl (C=O) groups is 2. The number of hydrogen-bond donors (Lipinski definition) is 0. The van der Waals surface area contributed by atoms with E-state index in [1.54, 1.807) is 18.2 Å². The Bertz CT molecular complexity index is 1270. The summed E-state index contributed by atoms with van der Waals surface area (Å²) in [4.78, 5) is 28.1. The molecule has 0 bridgehead atoms. The van der Waals surface area contributed by atoms with Crippen molar-refractivity contribution in [2.24, 2.45) is 0 Å². The minimum Gasteiger partial charge on any atom is -0.489 e. The zero-order valence-corrected chi connectivity index (χ0v) is 21.8. The van der Waals surface area contributed by atoms with E-state index in [4.69, 9.17) is 21.7 Å². The van der Waals surface area contributed by atoms with Crippen molar-refractivity contribution in [1.82, 2.24) is 4.90 Å². The first kappa shape index (κ1) is 25.7. The molecule has 0 aliphatic carbocycles. The molecule has 1 amide bonds. The maximum atomic E-state index is 13.4. The zero-order valence-electron chi connectivity index (χ0n) is 20.2. The van der Waals surface area contributed by atoms with E-state index in [0.29, 0.717) is 27.8 Å². The number of amides is 1. The van der Waals surface area contributed by atoms with Crippen LogP contribution in [-0.4, -0.2) is 27.7 Å². The molecule has 7 heteroatoms. The first-order valence-electron chi connectivity index (χ1n) is 11.7. The lowest BCUT2D eigenvalue weighted by atomic mass is 10.1. The average molecular weight is 518 g/mol. The number of benzene rings is 3. The maximum Gasteiger partial charge on any atom is 0.333 e. The molecule has 0 spiro atoms. The van der Waals surface area contributed by atoms with Crippen LogP contribution in [0.25, 0.3) is 6.08 Å². The molecule has 1 saturated heterocycles. The Labute approximate surface area is 221 Å². The number of carbonyl (C=O) groups excluding carboxylic acids is 2. The predicted molar refractivity (Wildman–Crippen MR) is 147 cm³/mol. The van der Waals surface area contributed by atoms with Crippen molar-refractivity contribution in [3.05, 3.63) is 106 Å². The van der Waals surface area contributed by atoms with Crippen molar-refractivity contribution in [2.45, 2.75) is 32.9 Å². The Balaban J connectivity index is 1.50. The van der Waals surface area contributed by atoms with E-state index in [0.717, 1.165) is 16.9 Å². The maximum absolute atomic E-state index is 13.4. The molecule has 1 unspecified atom stereocenters. The second kappa shape index (κ2) is 12.0. The van der Waals surface area contributed by atoms with Gasteiger partial charge in [-0.05, 0) is 48.2 Å². The lowest BCUT2D eigenvalue weighted by Gasteiger charge is -2.25. The molecule has 1 atom stereocenters. The number of nitrogens with zero attached hydrogens (tertiary/aromatic N) is 1. The summed E-state index contributed by atoms with van der Waals surface area (Å²) in [5.41, 5.74) is 3.79. The van der Waals surface area contributed by atoms with Gasteiger partial charge in [0, 0.05) is 0 Å². The van der Waals surface area contributed by atoms with E-state index in [9.17, 15) is 9.59 Å². The first-order valence-corrected chi connectivity index (χ1v) is 13.0. The summed E-state index contributed by atoms with van der Waals surface area (Å²) < 4.78 is 11.6. The molecule has 1 aliphatic rings. The van der Waals surface area contributed by atoms with Crippen LogP contribution in [-0.2, 0) is 20.9 Å². The third kappa shape index (κ3) is 6.22. The number of thiocarbonyl (C=S) groups is 1. The van der Waals surface area contributed by atoms with E-state index in [1.165, 1.54) is 22.2 Å². The van der Waals surface area contributed by atoms with Gasteiger partial charge in [0.25, 0.3) is 5.91 Å². The normalized spacial score (nSPS) is 15.3. The third-order valence-corrected chi connectivity index (χ3v) is 6.87. The highest BCUT2D eigenvalue weighted by Gasteiger charge is 2.42. The monoisotopic (exact) mass is 517 g/mol. The number of hydrogen-bond acceptors (Lipinski definition) is 6. The zero-order chi connectivity index (χ0) is 25.5. The molecule has 5 nitrogen and oxygen atoms in total. The molecule has 36 heavy (non-hydrogen) atoms. The molecule has 1 aliphatic heterocycles. The van der Waals surface area contributed by atoms with E-state index in [1.807, 2.05) is 61.5 Å². The largest absolute Gasteiger partial charge is 0.489 e. The van der Waals surface area contributed by atoms with Crippen LogP contribution in [0.5, 0.6) is 5.75 Å². The van der Waals surface area contributed by atoms with Gasteiger partial charge in [-0.2, -0.15) is 0 Å². The van der Waals surface area contributed by atoms with Crippen LogP contribution in [0.4, 0.5) is 0 Å². The Morgan fingerprint density at radius 3 is 2.50 bits per heavy atom. The summed E-state index contributed by atoms with van der Waals surface area (Å²) in [6.07, 6.45) is 2.47. The molecule has 0 radical (unpaired) electrons. The molecule has 0 aromatic heterocycles. The highest BCUT2D eigenvalue weighted by atomic mass is 32.2. The van der Waals surface area contributed by atoms with Gasteiger partial charge in [-0.1, -0.05) is 103 Å². The number of rotatable bonds is 9. The Morgan fingerprint density at radius 2 is 1.81 bits per heavy atom. The quantitative estimate of drug-likeness (QED) is 0.184. The molecule has 0 saturated carbocycles. The molecule has 0 N–H and O–H groups in total. The minimum absolute atomic E-state index is 0.283. The van der Waals surface area contributed by atoms with Crippen LogP contribution >= 0.6 is 24.0 Å². The minimum atomic E-state index is -0.923. The standard InChI is InChI=1S/C29H27NO4S2/c1-3-16-33-28(32)26(23-10-5-4-6-11-23)30-27(31)25(36-29(30)35)18-21-12-14-24(15-13-21)34-19-22-9-7-8-20(2)17-22/h4-15,17-18,26H,3,16,19H2,1-2H3/b25-18+. The molecule has 3 aromatic rings. The van der Waals surface area contributed by atoms with Gasteiger partial charge < -0.3 is 9.47 Å². The molecule has 4 rings (SSSR count). The Kier molecular flexibility index (Phi) is 8.57. The van der Waals surface area contributed by atoms with E-state index in [-0.39, 0.29) is 12.5 Å². The molecule has 1 fully saturated rings. The van der Waals surface area contributed by atoms with Crippen molar-refractivity contribution in [2.75, 3.05) is 6.61 Å². The van der Waals surface area contributed by atoms with Gasteiger partial charge in [-0.15, -0.1) is 0 Å². The van der Waals surface area contributed by atoms with Crippen molar-refractivity contribution in [3.63, 3.8) is 0 Å². The second-order valence-electron chi connectivity index (χ2n) is 8.38. The SMILES string of the molecule is CCCOC(=O)C(c1ccccc1)N1C(=O)/C(=C\c2ccc(OCc3cccc(C)c3)cc2)SC1=S. The number of esters is 1. The van der Waals surface area contributed by atoms with Crippen molar-refractivity contribution < 1.29 is 19.1 Å².